The first kappa shape index (κ1) is 27.2. The molecule has 0 spiro atoms. The maximum absolute atomic E-state index is 13.3. The second-order valence-electron chi connectivity index (χ2n) is 10.9. The Morgan fingerprint density at radius 2 is 1.81 bits per heavy atom. The lowest BCUT2D eigenvalue weighted by molar-refractivity contribution is -0.141. The predicted molar refractivity (Wildman–Crippen MR) is 127 cm³/mol. The number of carbonyl (C=O) groups is 1. The Kier molecular flexibility index (Phi) is 7.63. The smallest absolute Gasteiger partial charge is 0.433 e. The number of methoxy groups -OCH3 is 1. The summed E-state index contributed by atoms with van der Waals surface area (Å²) in [5.74, 6) is -0.0911. The maximum Gasteiger partial charge on any atom is 0.433 e. The van der Waals surface area contributed by atoms with E-state index in [0.717, 1.165) is 45.3 Å². The standard InChI is InChI=1S/C25H35F3N2O5S/c1-15-11-19(25(26,27)28)30-23(35-2)21(15)22(32)29-20(13-31)24(12-16-3-4-16)9-7-18(8-10-24)36(33,34)14-17-5-6-17/h11,16-18,20,31H,3-10,12-14H2,1-2H3,(H,29,32). The van der Waals surface area contributed by atoms with Crippen LogP contribution in [0.25, 0.3) is 0 Å². The zero-order chi connectivity index (χ0) is 26.3. The molecular weight excluding hydrogens is 497 g/mol. The fraction of sp³-hybridized carbons (Fsp3) is 0.760. The Labute approximate surface area is 210 Å². The highest BCUT2D eigenvalue weighted by Gasteiger charge is 2.48. The summed E-state index contributed by atoms with van der Waals surface area (Å²) in [5.41, 5.74) is -1.67. The Balaban J connectivity index is 1.54. The number of ether oxygens (including phenoxy) is 1. The molecule has 3 saturated carbocycles. The number of aliphatic hydroxyl groups is 1. The minimum absolute atomic E-state index is 0.0643. The monoisotopic (exact) mass is 532 g/mol. The summed E-state index contributed by atoms with van der Waals surface area (Å²) in [6, 6.07) is 0.144. The van der Waals surface area contributed by atoms with Gasteiger partial charge in [-0.3, -0.25) is 4.79 Å². The molecule has 1 aromatic heterocycles. The third kappa shape index (κ3) is 5.98. The average molecular weight is 533 g/mol. The molecule has 7 nitrogen and oxygen atoms in total. The molecule has 1 unspecified atom stereocenters. The van der Waals surface area contributed by atoms with Crippen molar-refractivity contribution in [3.05, 3.63) is 22.9 Å². The number of aliphatic hydroxyl groups excluding tert-OH is 1. The Bertz CT molecular complexity index is 1080. The van der Waals surface area contributed by atoms with Gasteiger partial charge in [0.2, 0.25) is 5.88 Å². The largest absolute Gasteiger partial charge is 0.480 e. The summed E-state index contributed by atoms with van der Waals surface area (Å²) in [5, 5.41) is 12.8. The van der Waals surface area contributed by atoms with Gasteiger partial charge in [-0.1, -0.05) is 12.8 Å². The lowest BCUT2D eigenvalue weighted by atomic mass is 9.66. The summed E-state index contributed by atoms with van der Waals surface area (Å²) < 4.78 is 70.4. The van der Waals surface area contributed by atoms with Gasteiger partial charge in [0, 0.05) is 0 Å². The number of rotatable bonds is 10. The molecule has 202 valence electrons. The Morgan fingerprint density at radius 1 is 1.19 bits per heavy atom. The molecule has 0 aliphatic heterocycles. The molecule has 36 heavy (non-hydrogen) atoms. The maximum atomic E-state index is 13.3. The van der Waals surface area contributed by atoms with Gasteiger partial charge in [-0.05, 0) is 80.8 Å². The fourth-order valence-corrected chi connectivity index (χ4v) is 7.92. The van der Waals surface area contributed by atoms with Crippen molar-refractivity contribution in [2.45, 2.75) is 82.2 Å². The van der Waals surface area contributed by atoms with Crippen LogP contribution in [0.2, 0.25) is 0 Å². The van der Waals surface area contributed by atoms with E-state index >= 15 is 0 Å². The van der Waals surface area contributed by atoms with E-state index in [1.165, 1.54) is 6.92 Å². The predicted octanol–water partition coefficient (Wildman–Crippen LogP) is 4.06. The summed E-state index contributed by atoms with van der Waals surface area (Å²) in [6.07, 6.45) is 2.24. The molecule has 0 saturated heterocycles. The molecule has 11 heteroatoms. The van der Waals surface area contributed by atoms with E-state index in [2.05, 4.69) is 10.3 Å². The molecule has 4 rings (SSSR count). The number of aromatic nitrogens is 1. The quantitative estimate of drug-likeness (QED) is 0.471. The van der Waals surface area contributed by atoms with Gasteiger partial charge in [-0.2, -0.15) is 13.2 Å². The normalized spacial score (nSPS) is 25.9. The minimum Gasteiger partial charge on any atom is -0.480 e. The third-order valence-corrected chi connectivity index (χ3v) is 10.5. The lowest BCUT2D eigenvalue weighted by Gasteiger charge is -2.45. The molecule has 3 aliphatic carbocycles. The van der Waals surface area contributed by atoms with Crippen LogP contribution in [0, 0.1) is 24.2 Å². The van der Waals surface area contributed by atoms with Gasteiger partial charge >= 0.3 is 6.18 Å². The van der Waals surface area contributed by atoms with Gasteiger partial charge in [0.25, 0.3) is 5.91 Å². The van der Waals surface area contributed by atoms with E-state index in [-0.39, 0.29) is 29.4 Å². The molecule has 0 aromatic carbocycles. The van der Waals surface area contributed by atoms with Crippen molar-refractivity contribution >= 4 is 15.7 Å². The second kappa shape index (κ2) is 10.1. The number of sulfone groups is 1. The number of halogens is 3. The number of hydrogen-bond donors (Lipinski definition) is 2. The molecule has 2 N–H and O–H groups in total. The number of carbonyl (C=O) groups excluding carboxylic acids is 1. The van der Waals surface area contributed by atoms with Crippen molar-refractivity contribution in [3.8, 4) is 5.88 Å². The van der Waals surface area contributed by atoms with Crippen LogP contribution in [0.3, 0.4) is 0 Å². The SMILES string of the molecule is COc1nc(C(F)(F)F)cc(C)c1C(=O)NC(CO)C1(CC2CC2)CCC(S(=O)(=O)CC2CC2)CC1. The van der Waals surface area contributed by atoms with Crippen LogP contribution in [0.4, 0.5) is 13.2 Å². The van der Waals surface area contributed by atoms with Gasteiger partial charge in [0.1, 0.15) is 11.3 Å². The molecule has 3 aliphatic rings. The number of hydrogen-bond acceptors (Lipinski definition) is 6. The van der Waals surface area contributed by atoms with Gasteiger partial charge in [-0.25, -0.2) is 13.4 Å². The number of pyridine rings is 1. The minimum atomic E-state index is -4.69. The van der Waals surface area contributed by atoms with E-state index in [9.17, 15) is 31.5 Å². The summed E-state index contributed by atoms with van der Waals surface area (Å²) in [4.78, 5) is 16.8. The lowest BCUT2D eigenvalue weighted by Crippen LogP contribution is -2.53. The topological polar surface area (TPSA) is 106 Å². The molecule has 0 radical (unpaired) electrons. The highest BCUT2D eigenvalue weighted by Crippen LogP contribution is 2.51. The van der Waals surface area contributed by atoms with Gasteiger partial charge in [0.15, 0.2) is 9.84 Å². The highest BCUT2D eigenvalue weighted by atomic mass is 32.2. The van der Waals surface area contributed by atoms with Crippen molar-refractivity contribution in [3.63, 3.8) is 0 Å². The molecular formula is C25H35F3N2O5S. The van der Waals surface area contributed by atoms with Crippen molar-refractivity contribution < 1.29 is 36.2 Å². The van der Waals surface area contributed by atoms with E-state index in [4.69, 9.17) is 4.74 Å². The van der Waals surface area contributed by atoms with E-state index in [1.54, 1.807) is 0 Å². The zero-order valence-corrected chi connectivity index (χ0v) is 21.6. The van der Waals surface area contributed by atoms with Crippen molar-refractivity contribution in [1.29, 1.82) is 0 Å². The van der Waals surface area contributed by atoms with Gasteiger partial charge in [0.05, 0.1) is 30.8 Å². The van der Waals surface area contributed by atoms with Crippen LogP contribution >= 0.6 is 0 Å². The zero-order valence-electron chi connectivity index (χ0n) is 20.7. The molecule has 1 amide bonds. The fourth-order valence-electron chi connectivity index (χ4n) is 5.70. The van der Waals surface area contributed by atoms with Crippen LogP contribution in [0.5, 0.6) is 5.88 Å². The van der Waals surface area contributed by atoms with Crippen molar-refractivity contribution in [2.24, 2.45) is 17.3 Å². The van der Waals surface area contributed by atoms with E-state index < -0.39 is 50.2 Å². The Morgan fingerprint density at radius 3 is 2.31 bits per heavy atom. The molecule has 1 aromatic rings. The molecule has 0 bridgehead atoms. The average Bonchev–Trinajstić information content (AvgIpc) is 3.74. The van der Waals surface area contributed by atoms with Crippen LogP contribution in [0.15, 0.2) is 6.07 Å². The first-order valence-corrected chi connectivity index (χ1v) is 14.4. The van der Waals surface area contributed by atoms with Gasteiger partial charge in [-0.15, -0.1) is 0 Å². The number of alkyl halides is 3. The molecule has 1 atom stereocenters. The van der Waals surface area contributed by atoms with E-state index in [1.807, 2.05) is 0 Å². The second-order valence-corrected chi connectivity index (χ2v) is 13.2. The van der Waals surface area contributed by atoms with Crippen molar-refractivity contribution in [2.75, 3.05) is 19.5 Å². The van der Waals surface area contributed by atoms with Crippen LogP contribution in [-0.4, -0.2) is 55.2 Å². The number of aryl methyl sites for hydroxylation is 1. The highest BCUT2D eigenvalue weighted by molar-refractivity contribution is 7.92. The van der Waals surface area contributed by atoms with Crippen LogP contribution in [0.1, 0.15) is 79.4 Å². The van der Waals surface area contributed by atoms with Gasteiger partial charge < -0.3 is 15.2 Å². The summed E-state index contributed by atoms with van der Waals surface area (Å²) in [7, 11) is -2.03. The summed E-state index contributed by atoms with van der Waals surface area (Å²) >= 11 is 0. The third-order valence-electron chi connectivity index (χ3n) is 8.11. The summed E-state index contributed by atoms with van der Waals surface area (Å²) in [6.45, 7) is 1.03. The van der Waals surface area contributed by atoms with Crippen molar-refractivity contribution in [1.82, 2.24) is 10.3 Å². The molecule has 1 heterocycles. The molecule has 3 fully saturated rings. The van der Waals surface area contributed by atoms with E-state index in [0.29, 0.717) is 31.6 Å². The van der Waals surface area contributed by atoms with Crippen LogP contribution in [-0.2, 0) is 16.0 Å². The Hall–Kier alpha value is -1.88. The van der Waals surface area contributed by atoms with Crippen LogP contribution < -0.4 is 10.1 Å². The number of nitrogens with one attached hydrogen (secondary N) is 1. The first-order valence-electron chi connectivity index (χ1n) is 12.6. The number of amides is 1. The first-order chi connectivity index (χ1) is 16.9. The number of nitrogens with zero attached hydrogens (tertiary/aromatic N) is 1.